The van der Waals surface area contributed by atoms with E-state index in [1.54, 1.807) is 0 Å². The first-order chi connectivity index (χ1) is 7.80. The molecule has 2 atom stereocenters. The van der Waals surface area contributed by atoms with E-state index in [0.717, 1.165) is 0 Å². The third-order valence-corrected chi connectivity index (χ3v) is 2.68. The van der Waals surface area contributed by atoms with Crippen LogP contribution in [0.25, 0.3) is 0 Å². The molecule has 0 aromatic rings. The van der Waals surface area contributed by atoms with Crippen molar-refractivity contribution in [3.05, 3.63) is 0 Å². The van der Waals surface area contributed by atoms with Crippen LogP contribution in [0.3, 0.4) is 0 Å². The van der Waals surface area contributed by atoms with Crippen molar-refractivity contribution in [2.45, 2.75) is 25.6 Å². The minimum atomic E-state index is -4.77. The maximum Gasteiger partial charge on any atom is 0.471 e. The molecule has 1 aliphatic rings. The number of carbonyl (C=O) groups excluding carboxylic acids is 2. The molecule has 0 aliphatic carbocycles. The highest BCUT2D eigenvalue weighted by Gasteiger charge is 2.40. The number of hydrogen-bond acceptors (Lipinski definition) is 3. The fraction of sp³-hybridized carbons (Fsp3) is 0.800. The van der Waals surface area contributed by atoms with Gasteiger partial charge in [-0.25, -0.2) is 0 Å². The number of nitrogens with zero attached hydrogens (tertiary/aromatic N) is 1. The maximum absolute atomic E-state index is 12.0. The molecule has 0 spiro atoms. The van der Waals surface area contributed by atoms with E-state index in [9.17, 15) is 18.0 Å². The molecular weight excluding hydrogens is 237 g/mol. The van der Waals surface area contributed by atoms with Crippen molar-refractivity contribution >= 4 is 12.7 Å². The van der Waals surface area contributed by atoms with E-state index < -0.39 is 12.1 Å². The maximum atomic E-state index is 12.0. The fourth-order valence-electron chi connectivity index (χ4n) is 1.82. The SMILES string of the molecule is C=O.CC1CN(C)CCC1NC(=O)C(F)(F)F. The van der Waals surface area contributed by atoms with Gasteiger partial charge < -0.3 is 15.0 Å². The molecule has 0 saturated carbocycles. The molecule has 0 aromatic heterocycles. The molecule has 0 bridgehead atoms. The van der Waals surface area contributed by atoms with Gasteiger partial charge in [-0.1, -0.05) is 6.92 Å². The molecule has 100 valence electrons. The zero-order valence-corrected chi connectivity index (χ0v) is 9.88. The van der Waals surface area contributed by atoms with Gasteiger partial charge >= 0.3 is 12.1 Å². The summed E-state index contributed by atoms with van der Waals surface area (Å²) in [4.78, 5) is 20.8. The van der Waals surface area contributed by atoms with Gasteiger partial charge in [-0.2, -0.15) is 13.2 Å². The van der Waals surface area contributed by atoms with Crippen molar-refractivity contribution in [2.75, 3.05) is 20.1 Å². The van der Waals surface area contributed by atoms with Crippen LogP contribution >= 0.6 is 0 Å². The Morgan fingerprint density at radius 2 is 1.94 bits per heavy atom. The smallest absolute Gasteiger partial charge is 0.345 e. The lowest BCUT2D eigenvalue weighted by Gasteiger charge is -2.35. The predicted molar refractivity (Wildman–Crippen MR) is 56.4 cm³/mol. The second-order valence-corrected chi connectivity index (χ2v) is 4.11. The van der Waals surface area contributed by atoms with Crippen molar-refractivity contribution < 1.29 is 22.8 Å². The quantitative estimate of drug-likeness (QED) is 0.753. The molecule has 1 amide bonds. The molecule has 1 saturated heterocycles. The van der Waals surface area contributed by atoms with Gasteiger partial charge in [-0.15, -0.1) is 0 Å². The highest BCUT2D eigenvalue weighted by Crippen LogP contribution is 2.19. The van der Waals surface area contributed by atoms with Crippen molar-refractivity contribution in [2.24, 2.45) is 5.92 Å². The van der Waals surface area contributed by atoms with Crippen molar-refractivity contribution in [1.82, 2.24) is 10.2 Å². The van der Waals surface area contributed by atoms with E-state index >= 15 is 0 Å². The van der Waals surface area contributed by atoms with Crippen LogP contribution in [0.2, 0.25) is 0 Å². The number of amides is 1. The van der Waals surface area contributed by atoms with E-state index in [2.05, 4.69) is 0 Å². The highest BCUT2D eigenvalue weighted by atomic mass is 19.4. The normalized spacial score (nSPS) is 25.7. The average Bonchev–Trinajstić information content (AvgIpc) is 2.23. The molecule has 7 heteroatoms. The molecule has 0 aromatic carbocycles. The number of halogens is 3. The Kier molecular flexibility index (Phi) is 6.15. The number of nitrogens with one attached hydrogen (secondary N) is 1. The lowest BCUT2D eigenvalue weighted by atomic mass is 9.94. The van der Waals surface area contributed by atoms with Gasteiger partial charge in [-0.05, 0) is 25.9 Å². The average molecular weight is 254 g/mol. The van der Waals surface area contributed by atoms with E-state index in [4.69, 9.17) is 4.79 Å². The van der Waals surface area contributed by atoms with Gasteiger partial charge in [0, 0.05) is 12.6 Å². The first-order valence-corrected chi connectivity index (χ1v) is 5.16. The van der Waals surface area contributed by atoms with Crippen molar-refractivity contribution in [3.63, 3.8) is 0 Å². The molecule has 0 radical (unpaired) electrons. The summed E-state index contributed by atoms with van der Waals surface area (Å²) < 4.78 is 36.0. The molecule has 1 rings (SSSR count). The summed E-state index contributed by atoms with van der Waals surface area (Å²) in [6.07, 6.45) is -4.21. The molecule has 17 heavy (non-hydrogen) atoms. The largest absolute Gasteiger partial charge is 0.471 e. The van der Waals surface area contributed by atoms with Crippen LogP contribution in [0.5, 0.6) is 0 Å². The summed E-state index contributed by atoms with van der Waals surface area (Å²) >= 11 is 0. The highest BCUT2D eigenvalue weighted by molar-refractivity contribution is 5.81. The monoisotopic (exact) mass is 254 g/mol. The number of piperidine rings is 1. The summed E-state index contributed by atoms with van der Waals surface area (Å²) in [6, 6.07) is -0.365. The summed E-state index contributed by atoms with van der Waals surface area (Å²) in [5.41, 5.74) is 0. The van der Waals surface area contributed by atoms with Gasteiger partial charge in [0.05, 0.1) is 0 Å². The number of likely N-dealkylation sites (tertiary alicyclic amines) is 1. The van der Waals surface area contributed by atoms with E-state index in [1.807, 2.05) is 31.0 Å². The Hall–Kier alpha value is -1.11. The van der Waals surface area contributed by atoms with E-state index in [1.165, 1.54) is 0 Å². The Morgan fingerprint density at radius 1 is 1.41 bits per heavy atom. The molecule has 2 unspecified atom stereocenters. The molecule has 1 N–H and O–H groups in total. The third-order valence-electron chi connectivity index (χ3n) is 2.68. The second-order valence-electron chi connectivity index (χ2n) is 4.11. The minimum Gasteiger partial charge on any atom is -0.345 e. The Balaban J connectivity index is 0.00000121. The zero-order chi connectivity index (χ0) is 13.6. The lowest BCUT2D eigenvalue weighted by Crippen LogP contribution is -2.51. The van der Waals surface area contributed by atoms with Crippen LogP contribution in [0, 0.1) is 5.92 Å². The first-order valence-electron chi connectivity index (χ1n) is 5.16. The summed E-state index contributed by atoms with van der Waals surface area (Å²) in [5.74, 6) is -1.78. The minimum absolute atomic E-state index is 0.0510. The zero-order valence-electron chi connectivity index (χ0n) is 9.88. The second kappa shape index (κ2) is 6.58. The van der Waals surface area contributed by atoms with Crippen LogP contribution in [0.1, 0.15) is 13.3 Å². The topological polar surface area (TPSA) is 49.4 Å². The van der Waals surface area contributed by atoms with Gasteiger partial charge in [0.1, 0.15) is 6.79 Å². The molecule has 1 heterocycles. The van der Waals surface area contributed by atoms with Gasteiger partial charge in [0.15, 0.2) is 0 Å². The Morgan fingerprint density at radius 3 is 2.35 bits per heavy atom. The van der Waals surface area contributed by atoms with Crippen molar-refractivity contribution in [1.29, 1.82) is 0 Å². The van der Waals surface area contributed by atoms with Crippen LogP contribution < -0.4 is 5.32 Å². The predicted octanol–water partition coefficient (Wildman–Crippen LogP) is 0.820. The van der Waals surface area contributed by atoms with Crippen LogP contribution in [-0.4, -0.2) is 50.0 Å². The Bertz CT molecular complexity index is 258. The fourth-order valence-corrected chi connectivity index (χ4v) is 1.82. The van der Waals surface area contributed by atoms with Gasteiger partial charge in [0.25, 0.3) is 0 Å². The summed E-state index contributed by atoms with van der Waals surface area (Å²) in [6.45, 7) is 5.27. The molecule has 1 aliphatic heterocycles. The number of hydrogen-bond donors (Lipinski definition) is 1. The third kappa shape index (κ3) is 5.16. The van der Waals surface area contributed by atoms with Crippen LogP contribution in [-0.2, 0) is 9.59 Å². The van der Waals surface area contributed by atoms with E-state index in [0.29, 0.717) is 19.5 Å². The van der Waals surface area contributed by atoms with E-state index in [-0.39, 0.29) is 12.0 Å². The Labute approximate surface area is 98.2 Å². The molecular formula is C10H17F3N2O2. The van der Waals surface area contributed by atoms with Gasteiger partial charge in [-0.3, -0.25) is 4.79 Å². The lowest BCUT2D eigenvalue weighted by molar-refractivity contribution is -0.175. The van der Waals surface area contributed by atoms with Crippen LogP contribution in [0.4, 0.5) is 13.2 Å². The summed E-state index contributed by atoms with van der Waals surface area (Å²) in [5, 5.41) is 2.04. The molecule has 1 fully saturated rings. The van der Waals surface area contributed by atoms with Gasteiger partial charge in [0.2, 0.25) is 0 Å². The first kappa shape index (κ1) is 15.9. The van der Waals surface area contributed by atoms with Crippen molar-refractivity contribution in [3.8, 4) is 0 Å². The summed E-state index contributed by atoms with van der Waals surface area (Å²) in [7, 11) is 1.91. The number of alkyl halides is 3. The number of rotatable bonds is 1. The molecule has 4 nitrogen and oxygen atoms in total. The standard InChI is InChI=1S/C9H15F3N2O.CH2O/c1-6-5-14(2)4-3-7(6)13-8(15)9(10,11)12;1-2/h6-7H,3-5H2,1-2H3,(H,13,15);1H2. The number of carbonyl (C=O) groups is 2. The van der Waals surface area contributed by atoms with Crippen LogP contribution in [0.15, 0.2) is 0 Å².